The summed E-state index contributed by atoms with van der Waals surface area (Å²) in [6.45, 7) is 1.35. The van der Waals surface area contributed by atoms with Gasteiger partial charge in [0.05, 0.1) is 47.5 Å². The van der Waals surface area contributed by atoms with Crippen molar-refractivity contribution in [2.75, 3.05) is 24.8 Å². The van der Waals surface area contributed by atoms with E-state index in [0.29, 0.717) is 23.0 Å². The van der Waals surface area contributed by atoms with Gasteiger partial charge in [0.1, 0.15) is 23.9 Å². The maximum Gasteiger partial charge on any atom is 0.227 e. The van der Waals surface area contributed by atoms with Crippen LogP contribution in [0.25, 0.3) is 22.2 Å². The van der Waals surface area contributed by atoms with Crippen molar-refractivity contribution in [2.24, 2.45) is 0 Å². The number of nitrogen functional groups attached to an aromatic ring is 1. The van der Waals surface area contributed by atoms with Crippen LogP contribution in [0.3, 0.4) is 0 Å². The molecule has 3 N–H and O–H groups in total. The van der Waals surface area contributed by atoms with Gasteiger partial charge in [-0.2, -0.15) is 0 Å². The van der Waals surface area contributed by atoms with Crippen LogP contribution in [0.5, 0.6) is 11.5 Å². The zero-order valence-corrected chi connectivity index (χ0v) is 16.7. The summed E-state index contributed by atoms with van der Waals surface area (Å²) in [5.41, 5.74) is 8.59. The first kappa shape index (κ1) is 18.5. The lowest BCUT2D eigenvalue weighted by Crippen LogP contribution is -2.12. The van der Waals surface area contributed by atoms with E-state index in [1.54, 1.807) is 0 Å². The van der Waals surface area contributed by atoms with Crippen molar-refractivity contribution in [2.45, 2.75) is 6.54 Å². The van der Waals surface area contributed by atoms with E-state index in [1.807, 2.05) is 24.4 Å². The molecule has 0 radical (unpaired) electrons. The highest BCUT2D eigenvalue weighted by Crippen LogP contribution is 2.39. The molecule has 1 aliphatic rings. The molecule has 0 saturated carbocycles. The Morgan fingerprint density at radius 3 is 3.03 bits per heavy atom. The zero-order chi connectivity index (χ0) is 20.8. The number of anilines is 3. The Labute approximate surface area is 176 Å². The van der Waals surface area contributed by atoms with Crippen LogP contribution in [0.2, 0.25) is 5.02 Å². The standard InChI is InChI=1S/C21H17ClFN5O2/c1-29-18-7-14(23)15(24)8-16(18)26-21-25-9-13(22)19(27-21)12-10-28-5-6-30-17-4-2-3-11(12)20(17)28/h2-4,7-10H,5-6,24H2,1H3,(H,25,26,27). The van der Waals surface area contributed by atoms with Crippen LogP contribution in [0.1, 0.15) is 0 Å². The van der Waals surface area contributed by atoms with Gasteiger partial charge in [0.15, 0.2) is 0 Å². The first-order chi connectivity index (χ1) is 14.5. The topological polar surface area (TPSA) is 87.2 Å². The number of nitrogens with zero attached hydrogens (tertiary/aromatic N) is 3. The lowest BCUT2D eigenvalue weighted by atomic mass is 10.1. The second kappa shape index (κ2) is 7.07. The molecule has 30 heavy (non-hydrogen) atoms. The molecule has 5 rings (SSSR count). The summed E-state index contributed by atoms with van der Waals surface area (Å²) in [5.74, 6) is 0.833. The number of benzene rings is 2. The summed E-state index contributed by atoms with van der Waals surface area (Å²) in [6, 6.07) is 8.54. The van der Waals surface area contributed by atoms with E-state index in [0.717, 1.165) is 28.8 Å². The van der Waals surface area contributed by atoms with Gasteiger partial charge in [-0.25, -0.2) is 14.4 Å². The van der Waals surface area contributed by atoms with Gasteiger partial charge in [-0.3, -0.25) is 0 Å². The van der Waals surface area contributed by atoms with Crippen LogP contribution in [0.15, 0.2) is 42.7 Å². The summed E-state index contributed by atoms with van der Waals surface area (Å²) in [4.78, 5) is 8.86. The predicted octanol–water partition coefficient (Wildman–Crippen LogP) is 4.62. The highest BCUT2D eigenvalue weighted by atomic mass is 35.5. The fourth-order valence-electron chi connectivity index (χ4n) is 3.64. The lowest BCUT2D eigenvalue weighted by Gasteiger charge is -2.16. The number of ether oxygens (including phenoxy) is 2. The number of hydrogen-bond donors (Lipinski definition) is 2. The van der Waals surface area contributed by atoms with Crippen molar-refractivity contribution in [1.82, 2.24) is 14.5 Å². The molecule has 1 aliphatic heterocycles. The van der Waals surface area contributed by atoms with Crippen LogP contribution < -0.4 is 20.5 Å². The zero-order valence-electron chi connectivity index (χ0n) is 15.9. The number of methoxy groups -OCH3 is 1. The van der Waals surface area contributed by atoms with E-state index in [-0.39, 0.29) is 17.4 Å². The molecule has 0 aliphatic carbocycles. The van der Waals surface area contributed by atoms with Crippen LogP contribution in [-0.4, -0.2) is 28.3 Å². The number of para-hydroxylation sites is 1. The first-order valence-electron chi connectivity index (χ1n) is 9.22. The molecule has 0 fully saturated rings. The smallest absolute Gasteiger partial charge is 0.227 e. The first-order valence-corrected chi connectivity index (χ1v) is 9.60. The molecule has 9 heteroatoms. The number of aromatic nitrogens is 3. The maximum atomic E-state index is 13.8. The highest BCUT2D eigenvalue weighted by molar-refractivity contribution is 6.33. The van der Waals surface area contributed by atoms with Gasteiger partial charge < -0.3 is 25.1 Å². The van der Waals surface area contributed by atoms with Crippen molar-refractivity contribution in [3.05, 3.63) is 53.6 Å². The van der Waals surface area contributed by atoms with Crippen molar-refractivity contribution >= 4 is 39.8 Å². The molecule has 2 aromatic heterocycles. The van der Waals surface area contributed by atoms with E-state index < -0.39 is 5.82 Å². The number of hydrogen-bond acceptors (Lipinski definition) is 6. The molecule has 7 nitrogen and oxygen atoms in total. The SMILES string of the molecule is COc1cc(F)c(N)cc1Nc1ncc(Cl)c(-c2cn3c4c(cccc24)OCC3)n1. The minimum Gasteiger partial charge on any atom is -0.494 e. The monoisotopic (exact) mass is 425 g/mol. The normalized spacial score (nSPS) is 12.6. The Balaban J connectivity index is 1.60. The molecule has 0 amide bonds. The summed E-state index contributed by atoms with van der Waals surface area (Å²) >= 11 is 6.46. The van der Waals surface area contributed by atoms with Gasteiger partial charge in [-0.15, -0.1) is 0 Å². The fourth-order valence-corrected chi connectivity index (χ4v) is 3.83. The Morgan fingerprint density at radius 2 is 2.20 bits per heavy atom. The molecule has 4 aromatic rings. The highest BCUT2D eigenvalue weighted by Gasteiger charge is 2.21. The van der Waals surface area contributed by atoms with E-state index in [9.17, 15) is 4.39 Å². The molecule has 0 spiro atoms. The van der Waals surface area contributed by atoms with Crippen LogP contribution >= 0.6 is 11.6 Å². The van der Waals surface area contributed by atoms with Crippen LogP contribution in [-0.2, 0) is 6.54 Å². The van der Waals surface area contributed by atoms with E-state index in [1.165, 1.54) is 25.4 Å². The molecular formula is C21H17ClFN5O2. The third-order valence-corrected chi connectivity index (χ3v) is 5.29. The number of halogens is 2. The molecule has 0 bridgehead atoms. The largest absolute Gasteiger partial charge is 0.494 e. The Kier molecular flexibility index (Phi) is 4.36. The summed E-state index contributed by atoms with van der Waals surface area (Å²) in [7, 11) is 1.44. The van der Waals surface area contributed by atoms with Crippen LogP contribution in [0.4, 0.5) is 21.7 Å². The number of nitrogens with two attached hydrogens (primary N) is 1. The fraction of sp³-hybridized carbons (Fsp3) is 0.143. The lowest BCUT2D eigenvalue weighted by molar-refractivity contribution is 0.287. The van der Waals surface area contributed by atoms with E-state index >= 15 is 0 Å². The van der Waals surface area contributed by atoms with Gasteiger partial charge >= 0.3 is 0 Å². The van der Waals surface area contributed by atoms with Crippen molar-refractivity contribution in [3.8, 4) is 22.8 Å². The second-order valence-corrected chi connectivity index (χ2v) is 7.23. The maximum absolute atomic E-state index is 13.8. The van der Waals surface area contributed by atoms with Gasteiger partial charge in [0, 0.05) is 23.2 Å². The minimum atomic E-state index is -0.563. The molecule has 2 aromatic carbocycles. The van der Waals surface area contributed by atoms with E-state index in [4.69, 9.17) is 26.8 Å². The Bertz CT molecular complexity index is 1290. The van der Waals surface area contributed by atoms with Crippen molar-refractivity contribution in [3.63, 3.8) is 0 Å². The molecule has 3 heterocycles. The molecule has 0 atom stereocenters. The van der Waals surface area contributed by atoms with Crippen molar-refractivity contribution < 1.29 is 13.9 Å². The third kappa shape index (κ3) is 2.96. The molecule has 0 unspecified atom stereocenters. The average molecular weight is 426 g/mol. The van der Waals surface area contributed by atoms with E-state index in [2.05, 4.69) is 19.9 Å². The quantitative estimate of drug-likeness (QED) is 0.464. The van der Waals surface area contributed by atoms with Gasteiger partial charge in [0.2, 0.25) is 5.95 Å². The molecular weight excluding hydrogens is 409 g/mol. The van der Waals surface area contributed by atoms with Gasteiger partial charge in [-0.1, -0.05) is 23.7 Å². The second-order valence-electron chi connectivity index (χ2n) is 6.83. The number of nitrogens with one attached hydrogen (secondary N) is 1. The average Bonchev–Trinajstić information content (AvgIpc) is 3.12. The summed E-state index contributed by atoms with van der Waals surface area (Å²) < 4.78 is 26.9. The Morgan fingerprint density at radius 1 is 1.33 bits per heavy atom. The molecule has 152 valence electrons. The third-order valence-electron chi connectivity index (χ3n) is 5.02. The van der Waals surface area contributed by atoms with Crippen LogP contribution in [0, 0.1) is 5.82 Å². The van der Waals surface area contributed by atoms with Crippen molar-refractivity contribution in [1.29, 1.82) is 0 Å². The summed E-state index contributed by atoms with van der Waals surface area (Å²) in [5, 5.41) is 4.44. The molecule has 0 saturated heterocycles. The van der Waals surface area contributed by atoms with Gasteiger partial charge in [0.25, 0.3) is 0 Å². The predicted molar refractivity (Wildman–Crippen MR) is 114 cm³/mol. The number of rotatable bonds is 4. The Hall–Kier alpha value is -3.52. The minimum absolute atomic E-state index is 0.0125. The summed E-state index contributed by atoms with van der Waals surface area (Å²) in [6.07, 6.45) is 3.54. The van der Waals surface area contributed by atoms with Gasteiger partial charge in [-0.05, 0) is 12.1 Å².